The molecule has 13 atom stereocenters. The van der Waals surface area contributed by atoms with Crippen LogP contribution in [0.15, 0.2) is 91.1 Å². The van der Waals surface area contributed by atoms with Crippen molar-refractivity contribution < 1.29 is 110 Å². The summed E-state index contributed by atoms with van der Waals surface area (Å²) in [5.41, 5.74) is 15.1. The summed E-state index contributed by atoms with van der Waals surface area (Å²) in [6.07, 6.45) is -3.40. The van der Waals surface area contributed by atoms with E-state index in [1.54, 1.807) is 129 Å². The Morgan fingerprint density at radius 1 is 0.483 bits per heavy atom. The van der Waals surface area contributed by atoms with Gasteiger partial charge in [0.05, 0.1) is 31.1 Å². The van der Waals surface area contributed by atoms with Crippen LogP contribution in [0.5, 0.6) is 5.75 Å². The van der Waals surface area contributed by atoms with Gasteiger partial charge in [0.15, 0.2) is 0 Å². The van der Waals surface area contributed by atoms with E-state index < -0.39 is 224 Å². The highest BCUT2D eigenvalue weighted by Crippen LogP contribution is 2.47. The molecular weight excluding hydrogens is 1960 g/mol. The van der Waals surface area contributed by atoms with E-state index in [2.05, 4.69) is 90.1 Å². The molecule has 1 aromatic heterocycles. The lowest BCUT2D eigenvalue weighted by Crippen LogP contribution is -2.65. The lowest BCUT2D eigenvalue weighted by molar-refractivity contribution is -0.141. The van der Waals surface area contributed by atoms with E-state index in [0.29, 0.717) is 39.4 Å². The fraction of sp³-hybridized carbons (Fsp3) is 0.587. The number of hydrogen-bond donors (Lipinski definition) is 20. The number of nitrogens with two attached hydrogens (primary N) is 3. The van der Waals surface area contributed by atoms with Crippen molar-refractivity contribution in [2.45, 2.75) is 353 Å². The first kappa shape index (κ1) is 124. The van der Waals surface area contributed by atoms with E-state index in [0.717, 1.165) is 39.5 Å². The number of alkyl carbamates (subject to hydrolysis) is 2. The quantitative estimate of drug-likeness (QED) is 0.0181. The molecule has 1 aliphatic heterocycles. The van der Waals surface area contributed by atoms with Crippen LogP contribution in [0.25, 0.3) is 21.7 Å². The molecule has 5 aromatic rings. The number of aryl methyl sites for hydroxylation is 1. The van der Waals surface area contributed by atoms with E-state index in [4.69, 9.17) is 36.1 Å². The second kappa shape index (κ2) is 57.4. The Morgan fingerprint density at radius 2 is 1.02 bits per heavy atom. The van der Waals surface area contributed by atoms with Gasteiger partial charge in [0.2, 0.25) is 100 Å². The molecule has 2 heterocycles. The van der Waals surface area contributed by atoms with E-state index in [1.165, 1.54) is 55.4 Å². The number of aromatic amines is 1. The lowest BCUT2D eigenvalue weighted by Gasteiger charge is -2.39. The third kappa shape index (κ3) is 43.4. The van der Waals surface area contributed by atoms with Crippen molar-refractivity contribution in [2.24, 2.45) is 23.1 Å². The predicted octanol–water partition coefficient (Wildman–Crippen LogP) is 4.92. The van der Waals surface area contributed by atoms with Crippen LogP contribution >= 0.6 is 21.6 Å². The molecule has 43 nitrogen and oxygen atoms in total. The SMILES string of the molecule is CC(=O)NCCCC[C@@H]1NC(=O)[C@H](Cc2c[nH]c3c(C)cccc23)NC(=O)[C@H]([C@@H](C)OC(C)(C)C)NC(=O)[C@H](CC(N)=O)NC(=O)[C@@H](NC(C)=O)C(C)(C)SSC(C)(C)[C@@H](C(=O)N[C@@H](Cc2ccc(OCCNC(=O)OC(C)(C)C)cc2)C(=O)N[C@@H](Cc2ccc3ccccc3c2)C(=O)N[C@@](C)(CCCCNC(=O)OC(C)(C)C)C(=O)N[C@@H](CCCCNC(C)=O)C(=O)NC(CC(N)=O)C(=O)N[C@H](CCC(C)C)C(N)=O)NC1=O. The Hall–Kier alpha value is -13.3. The van der Waals surface area contributed by atoms with Gasteiger partial charge in [-0.2, -0.15) is 0 Å². The second-order valence-electron chi connectivity index (χ2n) is 42.2. The number of nitrogens with one attached hydrogen (secondary N) is 17. The minimum Gasteiger partial charge on any atom is -0.492 e. The number of unbranched alkanes of at least 4 members (excludes halogenated alkanes) is 3. The first-order chi connectivity index (χ1) is 69.5. The van der Waals surface area contributed by atoms with Crippen molar-refractivity contribution in [2.75, 3.05) is 32.8 Å². The van der Waals surface area contributed by atoms with Crippen LogP contribution in [0.3, 0.4) is 0 Å². The summed E-state index contributed by atoms with van der Waals surface area (Å²) < 4.78 is 19.9. The number of ether oxygens (including phenoxy) is 4. The molecule has 4 aromatic carbocycles. The molecule has 19 amide bonds. The number of para-hydroxylation sites is 1. The van der Waals surface area contributed by atoms with Crippen LogP contribution in [0.1, 0.15) is 244 Å². The Kier molecular flexibility index (Phi) is 47.9. The highest BCUT2D eigenvalue weighted by molar-refractivity contribution is 8.77. The molecule has 0 radical (unpaired) electrons. The fourth-order valence-electron chi connectivity index (χ4n) is 16.2. The molecule has 1 fully saturated rings. The highest BCUT2D eigenvalue weighted by Gasteiger charge is 2.48. The molecule has 0 saturated carbocycles. The van der Waals surface area contributed by atoms with Gasteiger partial charge in [0.1, 0.15) is 95.6 Å². The number of fused-ring (bicyclic) bond motifs is 2. The molecule has 1 aliphatic rings. The minimum atomic E-state index is -2.16. The fourth-order valence-corrected chi connectivity index (χ4v) is 19.0. The number of benzene rings is 4. The molecule has 149 heavy (non-hydrogen) atoms. The molecule has 1 saturated heterocycles. The van der Waals surface area contributed by atoms with E-state index in [-0.39, 0.29) is 133 Å². The molecule has 1 unspecified atom stereocenters. The average molecular weight is 2120 g/mol. The largest absolute Gasteiger partial charge is 0.492 e. The van der Waals surface area contributed by atoms with Gasteiger partial charge in [-0.3, -0.25) is 81.5 Å². The number of primary amides is 3. The summed E-state index contributed by atoms with van der Waals surface area (Å²) in [4.78, 5) is 278. The molecular formula is C104H156N20O23S2. The summed E-state index contributed by atoms with van der Waals surface area (Å²) in [6.45, 7) is 33.5. The van der Waals surface area contributed by atoms with Crippen molar-refractivity contribution in [3.63, 3.8) is 0 Å². The zero-order valence-corrected chi connectivity index (χ0v) is 91.1. The van der Waals surface area contributed by atoms with Crippen LogP contribution in [0.2, 0.25) is 0 Å². The smallest absolute Gasteiger partial charge is 0.407 e. The maximum absolute atomic E-state index is 16.7. The number of hydrogen-bond acceptors (Lipinski definition) is 25. The van der Waals surface area contributed by atoms with Gasteiger partial charge in [-0.05, 0) is 232 Å². The first-order valence-corrected chi connectivity index (χ1v) is 52.4. The Balaban J connectivity index is 1.62. The molecule has 0 spiro atoms. The minimum absolute atomic E-state index is 0.00527. The van der Waals surface area contributed by atoms with Gasteiger partial charge < -0.3 is 126 Å². The van der Waals surface area contributed by atoms with Crippen LogP contribution in [0, 0.1) is 12.8 Å². The second-order valence-corrected chi connectivity index (χ2v) is 45.7. The van der Waals surface area contributed by atoms with Crippen molar-refractivity contribution in [3.05, 3.63) is 113 Å². The van der Waals surface area contributed by atoms with Crippen molar-refractivity contribution >= 4 is 156 Å². The Labute approximate surface area is 878 Å². The van der Waals surface area contributed by atoms with Gasteiger partial charge in [0.25, 0.3) is 0 Å². The van der Waals surface area contributed by atoms with Crippen LogP contribution < -0.4 is 107 Å². The Morgan fingerprint density at radius 3 is 1.62 bits per heavy atom. The van der Waals surface area contributed by atoms with Gasteiger partial charge in [-0.15, -0.1) is 0 Å². The molecule has 6 rings (SSSR count). The van der Waals surface area contributed by atoms with E-state index in [1.807, 2.05) is 45.0 Å². The Bertz CT molecular complexity index is 5520. The first-order valence-electron chi connectivity index (χ1n) is 50.2. The standard InChI is InChI=1S/C104H156N20O23S2/c1-58(2)37-44-71(85(107)130)114-90(135)77(55-79(105)128)117-86(131)73(36-25-28-47-109-62(6)126)121-96(141)104(21,45-26-29-48-110-97(142)146-100(11,12)13)124-92(137)75(53-65-38-41-66-32-22-23-33-67(66)51-65)116-88(133)74(52-64-39-42-69(43-40-64)144-50-49-111-98(143)147-101(14,15)16)119-95(140)84-103(19,20)149-148-102(17,18)83(113-63(7)127)94(139)120-78(56-80(106)129)91(136)122-82(60(4)145-99(8,9)10)93(138)118-76(54-68-57-112-81-59(3)31-30-34-70(68)81)89(134)115-72(87(132)123-84)35-24-27-46-108-61(5)125/h22-23,30-34,38-43,51,57-58,60,71-78,82-84,112H,24-29,35-37,44-50,52-56H2,1-21H3,(H2,105,128)(H2,106,129)(H2,107,130)(H,108,125)(H,109,126)(H,110,142)(H,111,143)(H,113,127)(H,114,135)(H,115,134)(H,116,133)(H,117,131)(H,118,138)(H,119,140)(H,120,139)(H,121,141)(H,122,136)(H,123,132)(H,124,137)/t60-,71-,72+,73+,74+,75+,76+,77?,78+,82+,83-,84-,104+/m1/s1. The van der Waals surface area contributed by atoms with Gasteiger partial charge in [-0.1, -0.05) is 108 Å². The monoisotopic (exact) mass is 2120 g/mol. The van der Waals surface area contributed by atoms with E-state index >= 15 is 47.9 Å². The number of rotatable bonds is 48. The number of amides is 19. The normalized spacial score (nSPS) is 18.6. The molecule has 45 heteroatoms. The number of carbonyl (C=O) groups is 19. The van der Waals surface area contributed by atoms with Crippen LogP contribution in [-0.4, -0.2) is 255 Å². The third-order valence-electron chi connectivity index (χ3n) is 23.9. The number of carbonyl (C=O) groups excluding carboxylic acids is 19. The van der Waals surface area contributed by atoms with E-state index in [9.17, 15) is 43.2 Å². The lowest BCUT2D eigenvalue weighted by atomic mass is 9.91. The molecule has 822 valence electrons. The average Bonchev–Trinajstić information content (AvgIpc) is 1.76. The predicted molar refractivity (Wildman–Crippen MR) is 565 cm³/mol. The number of aromatic nitrogens is 1. The molecule has 23 N–H and O–H groups in total. The number of H-pyrrole nitrogens is 1. The summed E-state index contributed by atoms with van der Waals surface area (Å²) in [5.74, 6) is -15.8. The van der Waals surface area contributed by atoms with Gasteiger partial charge in [0, 0.05) is 86.3 Å². The van der Waals surface area contributed by atoms with Gasteiger partial charge in [-0.25, -0.2) is 9.59 Å². The topological polar surface area (TPSA) is 648 Å². The van der Waals surface area contributed by atoms with Crippen molar-refractivity contribution in [1.82, 2.24) is 90.1 Å². The molecule has 0 aliphatic carbocycles. The zero-order valence-electron chi connectivity index (χ0n) is 89.5. The van der Waals surface area contributed by atoms with Gasteiger partial charge >= 0.3 is 12.2 Å². The summed E-state index contributed by atoms with van der Waals surface area (Å²) in [5, 5.41) is 45.7. The van der Waals surface area contributed by atoms with Crippen molar-refractivity contribution in [1.29, 1.82) is 0 Å². The molecule has 0 bridgehead atoms. The maximum Gasteiger partial charge on any atom is 0.407 e. The summed E-state index contributed by atoms with van der Waals surface area (Å²) in [6, 6.07) is 5.32. The third-order valence-corrected chi connectivity index (χ3v) is 28.1. The van der Waals surface area contributed by atoms with Crippen molar-refractivity contribution in [3.8, 4) is 5.75 Å². The van der Waals surface area contributed by atoms with Crippen LogP contribution in [-0.2, 0) is 115 Å². The zero-order chi connectivity index (χ0) is 111. The highest BCUT2D eigenvalue weighted by atomic mass is 33.1. The maximum atomic E-state index is 16.7. The summed E-state index contributed by atoms with van der Waals surface area (Å²) >= 11 is 0. The summed E-state index contributed by atoms with van der Waals surface area (Å²) in [7, 11) is 1.80. The van der Waals surface area contributed by atoms with Crippen LogP contribution in [0.4, 0.5) is 9.59 Å².